The Balaban J connectivity index is 1.51. The Hall–Kier alpha value is -3.76. The number of rotatable bonds is 8. The molecule has 2 aromatic heterocycles. The van der Waals surface area contributed by atoms with Crippen LogP contribution in [0.4, 0.5) is 0 Å². The van der Waals surface area contributed by atoms with Gasteiger partial charge in [-0.3, -0.25) is 4.57 Å². The highest BCUT2D eigenvalue weighted by Crippen LogP contribution is 2.37. The lowest BCUT2D eigenvalue weighted by Gasteiger charge is -2.15. The van der Waals surface area contributed by atoms with Crippen LogP contribution in [0.25, 0.3) is 37.7 Å². The van der Waals surface area contributed by atoms with Gasteiger partial charge in [0.05, 0.1) is 62.5 Å². The van der Waals surface area contributed by atoms with E-state index in [4.69, 9.17) is 14.5 Å². The van der Waals surface area contributed by atoms with Gasteiger partial charge in [-0.2, -0.15) is 0 Å². The van der Waals surface area contributed by atoms with E-state index in [2.05, 4.69) is 4.98 Å². The van der Waals surface area contributed by atoms with Crippen molar-refractivity contribution < 1.29 is 24.8 Å². The van der Waals surface area contributed by atoms with Gasteiger partial charge in [0, 0.05) is 22.4 Å². The van der Waals surface area contributed by atoms with E-state index >= 15 is 0 Å². The molecule has 0 aliphatic carbocycles. The molecule has 0 atom stereocenters. The number of aliphatic hydroxyl groups is 3. The van der Waals surface area contributed by atoms with E-state index in [-0.39, 0.29) is 19.8 Å². The van der Waals surface area contributed by atoms with Gasteiger partial charge in [0.1, 0.15) is 16.5 Å². The molecule has 9 heteroatoms. The van der Waals surface area contributed by atoms with Crippen LogP contribution in [0.5, 0.6) is 11.5 Å². The molecule has 3 N–H and O–H groups in total. The third-order valence-corrected chi connectivity index (χ3v) is 7.23. The van der Waals surface area contributed by atoms with Crippen molar-refractivity contribution in [2.75, 3.05) is 14.2 Å². The van der Waals surface area contributed by atoms with Gasteiger partial charge in [-0.25, -0.2) is 9.97 Å². The molecule has 0 spiro atoms. The highest BCUT2D eigenvalue weighted by Gasteiger charge is 2.16. The van der Waals surface area contributed by atoms with Gasteiger partial charge in [-0.05, 0) is 59.7 Å². The van der Waals surface area contributed by atoms with E-state index in [9.17, 15) is 15.3 Å². The fraction of sp³-hybridized carbons (Fsp3) is 0.185. The molecular formula is C27H25N3O5S. The maximum absolute atomic E-state index is 9.82. The zero-order valence-corrected chi connectivity index (χ0v) is 20.6. The van der Waals surface area contributed by atoms with Gasteiger partial charge < -0.3 is 24.8 Å². The van der Waals surface area contributed by atoms with Crippen LogP contribution in [0, 0.1) is 0 Å². The summed E-state index contributed by atoms with van der Waals surface area (Å²) in [7, 11) is 3.15. The Morgan fingerprint density at radius 1 is 0.861 bits per heavy atom. The van der Waals surface area contributed by atoms with Gasteiger partial charge in [-0.1, -0.05) is 0 Å². The number of ether oxygens (including phenoxy) is 2. The highest BCUT2D eigenvalue weighted by atomic mass is 32.1. The minimum atomic E-state index is -0.223. The number of methoxy groups -OCH3 is 2. The van der Waals surface area contributed by atoms with Crippen LogP contribution in [0.2, 0.25) is 0 Å². The van der Waals surface area contributed by atoms with E-state index in [0.29, 0.717) is 22.6 Å². The van der Waals surface area contributed by atoms with Crippen LogP contribution in [-0.2, 0) is 19.8 Å². The number of hydrogen-bond donors (Lipinski definition) is 3. The molecule has 0 aliphatic rings. The maximum atomic E-state index is 9.82. The molecule has 5 aromatic rings. The summed E-state index contributed by atoms with van der Waals surface area (Å²) < 4.78 is 13.8. The number of nitrogens with zero attached hydrogens (tertiary/aromatic N) is 3. The molecule has 0 fully saturated rings. The smallest absolute Gasteiger partial charge is 0.138 e. The summed E-state index contributed by atoms with van der Waals surface area (Å²) in [5.41, 5.74) is 6.22. The summed E-state index contributed by atoms with van der Waals surface area (Å²) in [4.78, 5) is 9.10. The Morgan fingerprint density at radius 2 is 1.64 bits per heavy atom. The average Bonchev–Trinajstić information content (AvgIpc) is 3.59. The maximum Gasteiger partial charge on any atom is 0.138 e. The molecule has 0 unspecified atom stereocenters. The summed E-state index contributed by atoms with van der Waals surface area (Å²) in [5.74, 6) is 1.21. The standard InChI is InChI=1S/C27H25N3O5S/c1-34-24-10-18(9-19(13-32)21(24)14-33)23-11-28-15-30(23)20-5-3-17(4-6-20)27-29-22-7-16(12-31)8-25(35-2)26(22)36-27/h3-11,15,31-33H,12-14H2,1-2H3. The molecular weight excluding hydrogens is 478 g/mol. The molecule has 0 amide bonds. The number of aliphatic hydroxyl groups excluding tert-OH is 3. The number of thiazole rings is 1. The lowest BCUT2D eigenvalue weighted by molar-refractivity contribution is 0.254. The molecule has 0 radical (unpaired) electrons. The van der Waals surface area contributed by atoms with Crippen molar-refractivity contribution in [1.82, 2.24) is 14.5 Å². The molecule has 0 saturated carbocycles. The van der Waals surface area contributed by atoms with Crippen molar-refractivity contribution in [2.24, 2.45) is 0 Å². The van der Waals surface area contributed by atoms with Gasteiger partial charge >= 0.3 is 0 Å². The number of imidazole rings is 1. The number of benzene rings is 3. The normalized spacial score (nSPS) is 11.2. The number of fused-ring (bicyclic) bond motifs is 1. The summed E-state index contributed by atoms with van der Waals surface area (Å²) in [6.45, 7) is -0.510. The summed E-state index contributed by atoms with van der Waals surface area (Å²) in [6, 6.07) is 15.4. The van der Waals surface area contributed by atoms with Gasteiger partial charge in [0.2, 0.25) is 0 Å². The van der Waals surface area contributed by atoms with Gasteiger partial charge in [-0.15, -0.1) is 11.3 Å². The van der Waals surface area contributed by atoms with Gasteiger partial charge in [0.15, 0.2) is 0 Å². The van der Waals surface area contributed by atoms with Crippen molar-refractivity contribution in [3.05, 3.63) is 77.7 Å². The van der Waals surface area contributed by atoms with Crippen molar-refractivity contribution in [3.63, 3.8) is 0 Å². The first-order valence-corrected chi connectivity index (χ1v) is 12.0. The monoisotopic (exact) mass is 503 g/mol. The minimum absolute atomic E-state index is 0.0739. The molecule has 184 valence electrons. The quantitative estimate of drug-likeness (QED) is 0.289. The molecule has 36 heavy (non-hydrogen) atoms. The lowest BCUT2D eigenvalue weighted by Crippen LogP contribution is -2.01. The second-order valence-electron chi connectivity index (χ2n) is 8.15. The topological polar surface area (TPSA) is 110 Å². The van der Waals surface area contributed by atoms with E-state index in [0.717, 1.165) is 43.3 Å². The lowest BCUT2D eigenvalue weighted by atomic mass is 10.0. The second kappa shape index (κ2) is 10.1. The summed E-state index contributed by atoms with van der Waals surface area (Å²) in [5, 5.41) is 29.9. The van der Waals surface area contributed by atoms with Crippen LogP contribution in [0.15, 0.2) is 61.1 Å². The van der Waals surface area contributed by atoms with Crippen LogP contribution < -0.4 is 9.47 Å². The van der Waals surface area contributed by atoms with E-state index in [1.54, 1.807) is 31.0 Å². The largest absolute Gasteiger partial charge is 0.496 e. The van der Waals surface area contributed by atoms with E-state index < -0.39 is 0 Å². The molecule has 0 aliphatic heterocycles. The second-order valence-corrected chi connectivity index (χ2v) is 9.15. The Labute approximate surface area is 211 Å². The first-order valence-electron chi connectivity index (χ1n) is 11.2. The predicted octanol–water partition coefficient (Wildman–Crippen LogP) is 4.31. The SMILES string of the molecule is COc1cc(-c2cncn2-c2ccc(-c3nc4cc(CO)cc(OC)c4s3)cc2)cc(CO)c1CO. The molecule has 3 aromatic carbocycles. The number of hydrogen-bond acceptors (Lipinski definition) is 8. The van der Waals surface area contributed by atoms with Crippen molar-refractivity contribution in [2.45, 2.75) is 19.8 Å². The molecule has 0 bridgehead atoms. The summed E-state index contributed by atoms with van der Waals surface area (Å²) >= 11 is 1.54. The minimum Gasteiger partial charge on any atom is -0.496 e. The van der Waals surface area contributed by atoms with E-state index in [1.165, 1.54) is 7.11 Å². The Bertz CT molecular complexity index is 1500. The van der Waals surface area contributed by atoms with Crippen molar-refractivity contribution in [1.29, 1.82) is 0 Å². The van der Waals surface area contributed by atoms with Crippen LogP contribution >= 0.6 is 11.3 Å². The zero-order valence-electron chi connectivity index (χ0n) is 19.8. The van der Waals surface area contributed by atoms with Crippen molar-refractivity contribution >= 4 is 21.6 Å². The Kier molecular flexibility index (Phi) is 6.71. The third-order valence-electron chi connectivity index (χ3n) is 6.09. The number of aromatic nitrogens is 3. The Morgan fingerprint density at radius 3 is 2.31 bits per heavy atom. The zero-order chi connectivity index (χ0) is 25.2. The fourth-order valence-corrected chi connectivity index (χ4v) is 5.30. The van der Waals surface area contributed by atoms with Crippen LogP contribution in [0.1, 0.15) is 16.7 Å². The first kappa shape index (κ1) is 24.0. The van der Waals surface area contributed by atoms with Crippen LogP contribution in [-0.4, -0.2) is 44.1 Å². The third kappa shape index (κ3) is 4.22. The van der Waals surface area contributed by atoms with Gasteiger partial charge in [0.25, 0.3) is 0 Å². The predicted molar refractivity (Wildman–Crippen MR) is 138 cm³/mol. The first-order chi connectivity index (χ1) is 17.6. The molecule has 0 saturated heterocycles. The average molecular weight is 504 g/mol. The highest BCUT2D eigenvalue weighted by molar-refractivity contribution is 7.22. The fourth-order valence-electron chi connectivity index (χ4n) is 4.26. The molecule has 5 rings (SSSR count). The van der Waals surface area contributed by atoms with E-state index in [1.807, 2.05) is 53.1 Å². The summed E-state index contributed by atoms with van der Waals surface area (Å²) in [6.07, 6.45) is 3.48. The van der Waals surface area contributed by atoms with Crippen LogP contribution in [0.3, 0.4) is 0 Å². The molecule has 2 heterocycles. The molecule has 8 nitrogen and oxygen atoms in total. The van der Waals surface area contributed by atoms with Crippen molar-refractivity contribution in [3.8, 4) is 39.0 Å².